The monoisotopic (exact) mass is 230 g/mol. The van der Waals surface area contributed by atoms with E-state index < -0.39 is 6.10 Å². The third kappa shape index (κ3) is 1.50. The van der Waals surface area contributed by atoms with E-state index in [2.05, 4.69) is 0 Å². The van der Waals surface area contributed by atoms with Gasteiger partial charge in [0, 0.05) is 5.39 Å². The van der Waals surface area contributed by atoms with Gasteiger partial charge in [-0.2, -0.15) is 0 Å². The molecule has 2 rings (SSSR count). The first-order valence-electron chi connectivity index (χ1n) is 4.15. The number of hydrogen-bond acceptors (Lipinski definition) is 2. The molecular weight excluding hydrogens is 223 g/mol. The standard InChI is InChI=1S/C10H8Cl2O2/c1-5(13)8-4-6-2-3-7(11)9(12)10(6)14-8/h2-5,13H,1H3. The molecule has 1 atom stereocenters. The number of furan rings is 1. The number of benzene rings is 1. The Morgan fingerprint density at radius 2 is 2.07 bits per heavy atom. The van der Waals surface area contributed by atoms with Gasteiger partial charge in [0.15, 0.2) is 5.58 Å². The van der Waals surface area contributed by atoms with Crippen molar-refractivity contribution in [2.24, 2.45) is 0 Å². The fraction of sp³-hybridized carbons (Fsp3) is 0.200. The number of rotatable bonds is 1. The molecule has 1 N–H and O–H groups in total. The van der Waals surface area contributed by atoms with E-state index in [-0.39, 0.29) is 0 Å². The molecule has 14 heavy (non-hydrogen) atoms. The average molecular weight is 231 g/mol. The lowest BCUT2D eigenvalue weighted by molar-refractivity contribution is 0.172. The van der Waals surface area contributed by atoms with E-state index in [1.165, 1.54) is 0 Å². The van der Waals surface area contributed by atoms with E-state index in [4.69, 9.17) is 27.6 Å². The third-order valence-electron chi connectivity index (χ3n) is 2.01. The predicted molar refractivity (Wildman–Crippen MR) is 56.9 cm³/mol. The molecule has 1 aromatic heterocycles. The number of hydrogen-bond donors (Lipinski definition) is 1. The summed E-state index contributed by atoms with van der Waals surface area (Å²) in [5.74, 6) is 0.490. The van der Waals surface area contributed by atoms with Crippen LogP contribution in [0.4, 0.5) is 0 Å². The second-order valence-electron chi connectivity index (χ2n) is 3.10. The van der Waals surface area contributed by atoms with Crippen molar-refractivity contribution in [3.8, 4) is 0 Å². The van der Waals surface area contributed by atoms with Crippen molar-refractivity contribution in [2.75, 3.05) is 0 Å². The van der Waals surface area contributed by atoms with Gasteiger partial charge in [-0.1, -0.05) is 23.2 Å². The smallest absolute Gasteiger partial charge is 0.154 e. The van der Waals surface area contributed by atoms with Crippen LogP contribution in [0.15, 0.2) is 22.6 Å². The molecule has 1 aromatic carbocycles. The summed E-state index contributed by atoms with van der Waals surface area (Å²) < 4.78 is 5.37. The van der Waals surface area contributed by atoms with Gasteiger partial charge in [0.1, 0.15) is 16.9 Å². The van der Waals surface area contributed by atoms with Gasteiger partial charge in [0.05, 0.1) is 5.02 Å². The maximum absolute atomic E-state index is 9.32. The van der Waals surface area contributed by atoms with Crippen molar-refractivity contribution in [2.45, 2.75) is 13.0 Å². The van der Waals surface area contributed by atoms with Crippen LogP contribution >= 0.6 is 23.2 Å². The van der Waals surface area contributed by atoms with Gasteiger partial charge in [0.25, 0.3) is 0 Å². The molecule has 74 valence electrons. The second-order valence-corrected chi connectivity index (χ2v) is 3.89. The van der Waals surface area contributed by atoms with Gasteiger partial charge in [-0.3, -0.25) is 0 Å². The first-order chi connectivity index (χ1) is 6.59. The molecule has 2 aromatic rings. The van der Waals surface area contributed by atoms with Gasteiger partial charge < -0.3 is 9.52 Å². The summed E-state index contributed by atoms with van der Waals surface area (Å²) >= 11 is 11.8. The van der Waals surface area contributed by atoms with Crippen molar-refractivity contribution in [1.82, 2.24) is 0 Å². The lowest BCUT2D eigenvalue weighted by atomic mass is 10.2. The van der Waals surface area contributed by atoms with E-state index in [9.17, 15) is 5.11 Å². The largest absolute Gasteiger partial charge is 0.457 e. The maximum atomic E-state index is 9.32. The number of aliphatic hydroxyl groups excluding tert-OH is 1. The molecule has 2 nitrogen and oxygen atoms in total. The molecule has 1 unspecified atom stereocenters. The van der Waals surface area contributed by atoms with Gasteiger partial charge >= 0.3 is 0 Å². The fourth-order valence-corrected chi connectivity index (χ4v) is 1.63. The van der Waals surface area contributed by atoms with Crippen LogP contribution in [0.25, 0.3) is 11.0 Å². The molecule has 0 saturated heterocycles. The Morgan fingerprint density at radius 1 is 1.36 bits per heavy atom. The summed E-state index contributed by atoms with van der Waals surface area (Å²) in [4.78, 5) is 0. The first-order valence-corrected chi connectivity index (χ1v) is 4.90. The highest BCUT2D eigenvalue weighted by molar-refractivity contribution is 6.44. The van der Waals surface area contributed by atoms with E-state index in [1.54, 1.807) is 25.1 Å². The van der Waals surface area contributed by atoms with Crippen LogP contribution in [-0.4, -0.2) is 5.11 Å². The minimum atomic E-state index is -0.641. The Bertz CT molecular complexity index is 474. The van der Waals surface area contributed by atoms with Crippen LogP contribution in [0, 0.1) is 0 Å². The van der Waals surface area contributed by atoms with Crippen LogP contribution in [0.5, 0.6) is 0 Å². The Balaban J connectivity index is 2.71. The molecule has 0 aliphatic heterocycles. The number of halogens is 2. The number of aliphatic hydroxyl groups is 1. The fourth-order valence-electron chi connectivity index (χ4n) is 1.27. The van der Waals surface area contributed by atoms with Crippen LogP contribution in [0.1, 0.15) is 18.8 Å². The highest BCUT2D eigenvalue weighted by Crippen LogP contribution is 2.34. The van der Waals surface area contributed by atoms with Gasteiger partial charge in [-0.15, -0.1) is 0 Å². The molecule has 1 heterocycles. The summed E-state index contributed by atoms with van der Waals surface area (Å²) in [6.07, 6.45) is -0.641. The highest BCUT2D eigenvalue weighted by atomic mass is 35.5. The van der Waals surface area contributed by atoms with Crippen LogP contribution in [0.3, 0.4) is 0 Å². The minimum Gasteiger partial charge on any atom is -0.457 e. The van der Waals surface area contributed by atoms with E-state index in [1.807, 2.05) is 0 Å². The summed E-state index contributed by atoms with van der Waals surface area (Å²) in [6, 6.07) is 5.26. The summed E-state index contributed by atoms with van der Waals surface area (Å²) in [5, 5.41) is 11.0. The van der Waals surface area contributed by atoms with Crippen molar-refractivity contribution in [3.05, 3.63) is 34.0 Å². The van der Waals surface area contributed by atoms with Gasteiger partial charge in [0.2, 0.25) is 0 Å². The Morgan fingerprint density at radius 3 is 2.71 bits per heavy atom. The Labute approximate surface area is 91.0 Å². The topological polar surface area (TPSA) is 33.4 Å². The zero-order valence-electron chi connectivity index (χ0n) is 7.42. The molecule has 0 bridgehead atoms. The third-order valence-corrected chi connectivity index (χ3v) is 2.80. The molecule has 0 radical (unpaired) electrons. The van der Waals surface area contributed by atoms with Crippen molar-refractivity contribution in [3.63, 3.8) is 0 Å². The highest BCUT2D eigenvalue weighted by Gasteiger charge is 2.12. The molecule has 0 aliphatic carbocycles. The normalized spacial score (nSPS) is 13.4. The van der Waals surface area contributed by atoms with Crippen molar-refractivity contribution < 1.29 is 9.52 Å². The first kappa shape index (κ1) is 9.84. The van der Waals surface area contributed by atoms with Crippen molar-refractivity contribution in [1.29, 1.82) is 0 Å². The van der Waals surface area contributed by atoms with Crippen LogP contribution in [0.2, 0.25) is 10.0 Å². The quantitative estimate of drug-likeness (QED) is 0.809. The number of fused-ring (bicyclic) bond motifs is 1. The van der Waals surface area contributed by atoms with Crippen LogP contribution in [-0.2, 0) is 0 Å². The molecule has 0 fully saturated rings. The molecule has 4 heteroatoms. The lowest BCUT2D eigenvalue weighted by Gasteiger charge is -1.97. The molecule has 0 spiro atoms. The summed E-state index contributed by atoms with van der Waals surface area (Å²) in [7, 11) is 0. The molecule has 0 aliphatic rings. The predicted octanol–water partition coefficient (Wildman–Crippen LogP) is 3.79. The average Bonchev–Trinajstić information content (AvgIpc) is 2.56. The summed E-state index contributed by atoms with van der Waals surface area (Å²) in [6.45, 7) is 1.63. The Hall–Kier alpha value is -0.700. The second kappa shape index (κ2) is 3.46. The van der Waals surface area contributed by atoms with E-state index in [0.717, 1.165) is 5.39 Å². The van der Waals surface area contributed by atoms with Crippen molar-refractivity contribution >= 4 is 34.2 Å². The van der Waals surface area contributed by atoms with Crippen LogP contribution < -0.4 is 0 Å². The van der Waals surface area contributed by atoms with Gasteiger partial charge in [-0.25, -0.2) is 0 Å². The minimum absolute atomic E-state index is 0.385. The SMILES string of the molecule is CC(O)c1cc2ccc(Cl)c(Cl)c2o1. The lowest BCUT2D eigenvalue weighted by Crippen LogP contribution is -1.85. The van der Waals surface area contributed by atoms with E-state index in [0.29, 0.717) is 21.4 Å². The zero-order chi connectivity index (χ0) is 10.3. The zero-order valence-corrected chi connectivity index (χ0v) is 8.93. The van der Waals surface area contributed by atoms with Gasteiger partial charge in [-0.05, 0) is 25.1 Å². The van der Waals surface area contributed by atoms with E-state index >= 15 is 0 Å². The molecular formula is C10H8Cl2O2. The maximum Gasteiger partial charge on any atom is 0.154 e. The summed E-state index contributed by atoms with van der Waals surface area (Å²) in [5.41, 5.74) is 0.523. The molecule has 0 amide bonds. The Kier molecular flexibility index (Phi) is 2.43. The molecule has 0 saturated carbocycles.